The lowest BCUT2D eigenvalue weighted by Crippen LogP contribution is -2.13. The number of hydrogen-bond donors (Lipinski definition) is 0. The zero-order valence-corrected chi connectivity index (χ0v) is 13.2. The Morgan fingerprint density at radius 1 is 1.24 bits per heavy atom. The molecule has 0 aliphatic heterocycles. The Hall–Kier alpha value is -1.52. The van der Waals surface area contributed by atoms with Gasteiger partial charge in [-0.3, -0.25) is 0 Å². The number of nitrogens with zero attached hydrogens (tertiary/aromatic N) is 2. The Morgan fingerprint density at radius 3 is 2.81 bits per heavy atom. The van der Waals surface area contributed by atoms with Crippen LogP contribution in [-0.2, 0) is 24.1 Å². The zero-order chi connectivity index (χ0) is 14.7. The van der Waals surface area contributed by atoms with E-state index in [0.29, 0.717) is 0 Å². The van der Waals surface area contributed by atoms with E-state index in [0.717, 1.165) is 48.4 Å². The summed E-state index contributed by atoms with van der Waals surface area (Å²) in [5, 5.41) is 0. The lowest BCUT2D eigenvalue weighted by Gasteiger charge is -2.18. The van der Waals surface area contributed by atoms with Gasteiger partial charge in [-0.25, -0.2) is 4.98 Å². The van der Waals surface area contributed by atoms with E-state index in [4.69, 9.17) is 21.9 Å². The molecule has 110 valence electrons. The van der Waals surface area contributed by atoms with E-state index in [9.17, 15) is 0 Å². The van der Waals surface area contributed by atoms with Crippen molar-refractivity contribution in [3.8, 4) is 11.4 Å². The van der Waals surface area contributed by atoms with Gasteiger partial charge in [0.15, 0.2) is 0 Å². The predicted molar refractivity (Wildman–Crippen MR) is 87.0 cm³/mol. The molecule has 0 unspecified atom stereocenters. The molecule has 1 aromatic carbocycles. The molecule has 0 radical (unpaired) electrons. The first-order valence-electron chi connectivity index (χ1n) is 7.48. The van der Waals surface area contributed by atoms with Crippen molar-refractivity contribution in [2.24, 2.45) is 0 Å². The van der Waals surface area contributed by atoms with Crippen LogP contribution < -0.4 is 0 Å². The van der Waals surface area contributed by atoms with E-state index < -0.39 is 0 Å². The van der Waals surface area contributed by atoms with Gasteiger partial charge in [-0.15, -0.1) is 0 Å². The van der Waals surface area contributed by atoms with E-state index in [2.05, 4.69) is 16.7 Å². The highest BCUT2D eigenvalue weighted by Gasteiger charge is 2.20. The monoisotopic (exact) mass is 300 g/mol. The van der Waals surface area contributed by atoms with E-state index in [1.54, 1.807) is 7.11 Å². The molecule has 2 aromatic rings. The van der Waals surface area contributed by atoms with Gasteiger partial charge in [0.05, 0.1) is 0 Å². The molecule has 3 nitrogen and oxygen atoms in total. The third-order valence-electron chi connectivity index (χ3n) is 4.00. The zero-order valence-electron chi connectivity index (χ0n) is 12.3. The van der Waals surface area contributed by atoms with Gasteiger partial charge in [-0.05, 0) is 25.7 Å². The van der Waals surface area contributed by atoms with Crippen molar-refractivity contribution in [1.29, 1.82) is 0 Å². The average molecular weight is 300 g/mol. The lowest BCUT2D eigenvalue weighted by molar-refractivity contribution is 0.190. The van der Waals surface area contributed by atoms with Crippen LogP contribution in [0, 0.1) is 4.64 Å². The minimum absolute atomic E-state index is 0.769. The molecule has 3 rings (SSSR count). The van der Waals surface area contributed by atoms with Crippen LogP contribution in [0.15, 0.2) is 30.3 Å². The van der Waals surface area contributed by atoms with Crippen molar-refractivity contribution >= 4 is 12.2 Å². The smallest absolute Gasteiger partial charge is 0.141 e. The molecule has 1 aliphatic rings. The van der Waals surface area contributed by atoms with Crippen LogP contribution in [0.2, 0.25) is 0 Å². The van der Waals surface area contributed by atoms with Crippen LogP contribution in [0.3, 0.4) is 0 Å². The van der Waals surface area contributed by atoms with Gasteiger partial charge in [-0.2, -0.15) is 0 Å². The van der Waals surface area contributed by atoms with Crippen molar-refractivity contribution < 1.29 is 4.74 Å². The van der Waals surface area contributed by atoms with Crippen LogP contribution in [-0.4, -0.2) is 23.3 Å². The second kappa shape index (κ2) is 6.50. The van der Waals surface area contributed by atoms with Crippen LogP contribution in [0.5, 0.6) is 0 Å². The number of benzene rings is 1. The van der Waals surface area contributed by atoms with Gasteiger partial charge in [0, 0.05) is 37.1 Å². The number of fused-ring (bicyclic) bond motifs is 1. The number of hydrogen-bond acceptors (Lipinski definition) is 3. The molecule has 0 saturated heterocycles. The summed E-state index contributed by atoms with van der Waals surface area (Å²) < 4.78 is 8.33. The molecule has 0 atom stereocenters. The van der Waals surface area contributed by atoms with Crippen molar-refractivity contribution in [2.75, 3.05) is 13.7 Å². The molecular weight excluding hydrogens is 280 g/mol. The normalized spacial score (nSPS) is 13.4. The van der Waals surface area contributed by atoms with Gasteiger partial charge in [0.1, 0.15) is 10.5 Å². The highest BCUT2D eigenvalue weighted by atomic mass is 32.1. The molecule has 1 heterocycles. The second-order valence-electron chi connectivity index (χ2n) is 5.38. The van der Waals surface area contributed by atoms with Gasteiger partial charge >= 0.3 is 0 Å². The first-order valence-corrected chi connectivity index (χ1v) is 7.89. The van der Waals surface area contributed by atoms with Crippen LogP contribution in [0.1, 0.15) is 24.1 Å². The van der Waals surface area contributed by atoms with Gasteiger partial charge in [0.2, 0.25) is 0 Å². The first kappa shape index (κ1) is 14.4. The molecule has 0 N–H and O–H groups in total. The summed E-state index contributed by atoms with van der Waals surface area (Å²) in [6.45, 7) is 1.70. The minimum Gasteiger partial charge on any atom is -0.385 e. The Kier molecular flexibility index (Phi) is 4.46. The van der Waals surface area contributed by atoms with Crippen LogP contribution in [0.4, 0.5) is 0 Å². The van der Waals surface area contributed by atoms with E-state index in [-0.39, 0.29) is 0 Å². The molecule has 21 heavy (non-hydrogen) atoms. The molecule has 4 heteroatoms. The molecule has 0 fully saturated rings. The summed E-state index contributed by atoms with van der Waals surface area (Å²) in [5.74, 6) is 0.998. The maximum absolute atomic E-state index is 5.51. The quantitative estimate of drug-likeness (QED) is 0.621. The van der Waals surface area contributed by atoms with Crippen molar-refractivity contribution in [1.82, 2.24) is 9.55 Å². The standard InChI is InChI=1S/C17H20N2OS/c1-20-12-6-11-19-15-10-5-9-14(15)17(21)18-16(19)13-7-3-2-4-8-13/h2-4,7-8H,5-6,9-12H2,1H3. The fourth-order valence-electron chi connectivity index (χ4n) is 3.02. The van der Waals surface area contributed by atoms with Gasteiger partial charge < -0.3 is 9.30 Å². The molecule has 1 aromatic heterocycles. The summed E-state index contributed by atoms with van der Waals surface area (Å²) in [6.07, 6.45) is 4.35. The predicted octanol–water partition coefficient (Wildman–Crippen LogP) is 3.80. The summed E-state index contributed by atoms with van der Waals surface area (Å²) >= 11 is 5.51. The minimum atomic E-state index is 0.769. The second-order valence-corrected chi connectivity index (χ2v) is 5.77. The number of methoxy groups -OCH3 is 1. The van der Waals surface area contributed by atoms with Gasteiger partial charge in [0.25, 0.3) is 0 Å². The van der Waals surface area contributed by atoms with E-state index in [1.807, 2.05) is 18.2 Å². The summed E-state index contributed by atoms with van der Waals surface area (Å²) in [6, 6.07) is 10.3. The summed E-state index contributed by atoms with van der Waals surface area (Å²) in [4.78, 5) is 4.73. The third kappa shape index (κ3) is 2.92. The molecule has 1 aliphatic carbocycles. The number of ether oxygens (including phenoxy) is 1. The Morgan fingerprint density at radius 2 is 2.05 bits per heavy atom. The summed E-state index contributed by atoms with van der Waals surface area (Å²) in [5.41, 5.74) is 3.79. The fraction of sp³-hybridized carbons (Fsp3) is 0.412. The maximum Gasteiger partial charge on any atom is 0.141 e. The van der Waals surface area contributed by atoms with Crippen molar-refractivity contribution in [3.05, 3.63) is 46.2 Å². The lowest BCUT2D eigenvalue weighted by atomic mass is 10.1. The highest BCUT2D eigenvalue weighted by Crippen LogP contribution is 2.28. The topological polar surface area (TPSA) is 27.1 Å². The first-order chi connectivity index (χ1) is 10.3. The van der Waals surface area contributed by atoms with E-state index in [1.165, 1.54) is 17.7 Å². The Labute approximate surface area is 130 Å². The van der Waals surface area contributed by atoms with Crippen LogP contribution in [0.25, 0.3) is 11.4 Å². The SMILES string of the molecule is COCCCn1c(-c2ccccc2)nc(=S)c2c1CCC2. The Bertz CT molecular complexity index is 679. The number of rotatable bonds is 5. The molecular formula is C17H20N2OS. The summed E-state index contributed by atoms with van der Waals surface area (Å²) in [7, 11) is 1.75. The van der Waals surface area contributed by atoms with Crippen molar-refractivity contribution in [3.63, 3.8) is 0 Å². The Balaban J connectivity index is 2.09. The fourth-order valence-corrected chi connectivity index (χ4v) is 3.33. The third-order valence-corrected chi connectivity index (χ3v) is 4.34. The molecule has 0 amide bonds. The molecule has 0 saturated carbocycles. The molecule has 0 bridgehead atoms. The highest BCUT2D eigenvalue weighted by molar-refractivity contribution is 7.71. The molecule has 0 spiro atoms. The average Bonchev–Trinajstić information content (AvgIpc) is 3.00. The number of aromatic nitrogens is 2. The van der Waals surface area contributed by atoms with E-state index >= 15 is 0 Å². The van der Waals surface area contributed by atoms with Crippen LogP contribution >= 0.6 is 12.2 Å². The van der Waals surface area contributed by atoms with Gasteiger partial charge in [-0.1, -0.05) is 42.5 Å². The maximum atomic E-state index is 5.51. The largest absolute Gasteiger partial charge is 0.385 e. The van der Waals surface area contributed by atoms with Crippen molar-refractivity contribution in [2.45, 2.75) is 32.2 Å².